The van der Waals surface area contributed by atoms with Crippen LogP contribution in [-0.4, -0.2) is 6.61 Å². The third-order valence-corrected chi connectivity index (χ3v) is 4.76. The highest BCUT2D eigenvalue weighted by Gasteiger charge is 2.14. The van der Waals surface area contributed by atoms with Gasteiger partial charge in [-0.3, -0.25) is 0 Å². The van der Waals surface area contributed by atoms with Gasteiger partial charge in [0.25, 0.3) is 0 Å². The molecular formula is C24H26Cl2FNO2. The molecule has 3 rings (SSSR count). The third kappa shape index (κ3) is 6.63. The van der Waals surface area contributed by atoms with Crippen LogP contribution in [0.1, 0.15) is 29.2 Å². The maximum Gasteiger partial charge on any atom is 0.180 e. The summed E-state index contributed by atoms with van der Waals surface area (Å²) in [5, 5.41) is 3.86. The molecule has 0 unspecified atom stereocenters. The number of benzene rings is 3. The fraction of sp³-hybridized carbons (Fsp3) is 0.250. The van der Waals surface area contributed by atoms with E-state index in [4.69, 9.17) is 21.1 Å². The standard InChI is InChI=1S/C24H25ClFNO2.ClH/c1-3-28-23-13-19(15-27-14-18-10-8-17(2)9-11-18)12-21(25)24(23)29-16-20-6-4-5-7-22(20)26;/h4-13,27H,3,14-16H2,1-2H3;1H. The van der Waals surface area contributed by atoms with Crippen LogP contribution in [0.4, 0.5) is 4.39 Å². The zero-order valence-corrected chi connectivity index (χ0v) is 18.7. The number of hydrogen-bond donors (Lipinski definition) is 1. The maximum atomic E-state index is 13.9. The van der Waals surface area contributed by atoms with Gasteiger partial charge >= 0.3 is 0 Å². The second-order valence-corrected chi connectivity index (χ2v) is 7.21. The Hall–Kier alpha value is -2.27. The molecule has 0 saturated heterocycles. The molecule has 0 aliphatic rings. The molecule has 160 valence electrons. The van der Waals surface area contributed by atoms with Crippen molar-refractivity contribution >= 4 is 24.0 Å². The lowest BCUT2D eigenvalue weighted by molar-refractivity contribution is 0.266. The first-order chi connectivity index (χ1) is 14.1. The Balaban J connectivity index is 0.00000320. The van der Waals surface area contributed by atoms with Crippen LogP contribution in [0.25, 0.3) is 0 Å². The van der Waals surface area contributed by atoms with Crippen molar-refractivity contribution in [3.05, 3.63) is 93.8 Å². The topological polar surface area (TPSA) is 30.5 Å². The minimum atomic E-state index is -0.307. The molecule has 0 bridgehead atoms. The van der Waals surface area contributed by atoms with Crippen LogP contribution in [-0.2, 0) is 19.7 Å². The zero-order valence-electron chi connectivity index (χ0n) is 17.1. The number of ether oxygens (including phenoxy) is 2. The van der Waals surface area contributed by atoms with Crippen molar-refractivity contribution in [3.8, 4) is 11.5 Å². The van der Waals surface area contributed by atoms with Crippen LogP contribution >= 0.6 is 24.0 Å². The molecule has 1 N–H and O–H groups in total. The molecule has 30 heavy (non-hydrogen) atoms. The maximum absolute atomic E-state index is 13.9. The second kappa shape index (κ2) is 11.8. The van der Waals surface area contributed by atoms with Gasteiger partial charge in [-0.1, -0.05) is 59.6 Å². The Kier molecular flexibility index (Phi) is 9.44. The lowest BCUT2D eigenvalue weighted by atomic mass is 10.1. The first-order valence-electron chi connectivity index (χ1n) is 9.64. The molecule has 0 saturated carbocycles. The smallest absolute Gasteiger partial charge is 0.180 e. The van der Waals surface area contributed by atoms with Crippen molar-refractivity contribution in [2.45, 2.75) is 33.5 Å². The predicted octanol–water partition coefficient (Wildman–Crippen LogP) is 6.48. The van der Waals surface area contributed by atoms with Gasteiger partial charge in [0.1, 0.15) is 12.4 Å². The molecule has 0 aliphatic heterocycles. The van der Waals surface area contributed by atoms with Crippen molar-refractivity contribution < 1.29 is 13.9 Å². The van der Waals surface area contributed by atoms with Crippen LogP contribution < -0.4 is 14.8 Å². The van der Waals surface area contributed by atoms with E-state index in [9.17, 15) is 4.39 Å². The van der Waals surface area contributed by atoms with Crippen LogP contribution in [0.15, 0.2) is 60.7 Å². The van der Waals surface area contributed by atoms with E-state index < -0.39 is 0 Å². The predicted molar refractivity (Wildman–Crippen MR) is 122 cm³/mol. The molecule has 6 heteroatoms. The average molecular weight is 450 g/mol. The van der Waals surface area contributed by atoms with E-state index in [2.05, 4.69) is 36.5 Å². The molecular weight excluding hydrogens is 424 g/mol. The number of halogens is 3. The lowest BCUT2D eigenvalue weighted by Crippen LogP contribution is -2.13. The average Bonchev–Trinajstić information content (AvgIpc) is 2.70. The molecule has 3 nitrogen and oxygen atoms in total. The van der Waals surface area contributed by atoms with E-state index in [0.717, 1.165) is 12.1 Å². The van der Waals surface area contributed by atoms with Crippen molar-refractivity contribution in [2.24, 2.45) is 0 Å². The van der Waals surface area contributed by atoms with Gasteiger partial charge in [-0.05, 0) is 43.2 Å². The first kappa shape index (κ1) is 24.0. The summed E-state index contributed by atoms with van der Waals surface area (Å²) in [5.41, 5.74) is 3.92. The van der Waals surface area contributed by atoms with Gasteiger partial charge in [0, 0.05) is 18.7 Å². The van der Waals surface area contributed by atoms with Crippen LogP contribution in [0, 0.1) is 12.7 Å². The number of nitrogens with one attached hydrogen (secondary N) is 1. The second-order valence-electron chi connectivity index (χ2n) is 6.81. The monoisotopic (exact) mass is 449 g/mol. The number of hydrogen-bond acceptors (Lipinski definition) is 3. The molecule has 0 heterocycles. The molecule has 0 aliphatic carbocycles. The number of aryl methyl sites for hydroxylation is 1. The highest BCUT2D eigenvalue weighted by atomic mass is 35.5. The Morgan fingerprint density at radius 2 is 1.63 bits per heavy atom. The fourth-order valence-electron chi connectivity index (χ4n) is 2.95. The Labute approximate surface area is 188 Å². The number of rotatable bonds is 9. The summed E-state index contributed by atoms with van der Waals surface area (Å²) in [4.78, 5) is 0. The van der Waals surface area contributed by atoms with Gasteiger partial charge in [-0.2, -0.15) is 0 Å². The van der Waals surface area contributed by atoms with Gasteiger partial charge in [0.2, 0.25) is 0 Å². The molecule has 0 radical (unpaired) electrons. The highest BCUT2D eigenvalue weighted by Crippen LogP contribution is 2.37. The van der Waals surface area contributed by atoms with Crippen LogP contribution in [0.2, 0.25) is 5.02 Å². The van der Waals surface area contributed by atoms with Crippen LogP contribution in [0.5, 0.6) is 11.5 Å². The van der Waals surface area contributed by atoms with Crippen molar-refractivity contribution in [1.29, 1.82) is 0 Å². The minimum Gasteiger partial charge on any atom is -0.490 e. The lowest BCUT2D eigenvalue weighted by Gasteiger charge is -2.16. The fourth-order valence-corrected chi connectivity index (χ4v) is 3.24. The van der Waals surface area contributed by atoms with E-state index in [0.29, 0.717) is 35.2 Å². The third-order valence-electron chi connectivity index (χ3n) is 4.48. The summed E-state index contributed by atoms with van der Waals surface area (Å²) in [5.74, 6) is 0.682. The summed E-state index contributed by atoms with van der Waals surface area (Å²) >= 11 is 6.46. The largest absolute Gasteiger partial charge is 0.490 e. The van der Waals surface area contributed by atoms with Gasteiger partial charge in [0.15, 0.2) is 11.5 Å². The van der Waals surface area contributed by atoms with E-state index in [1.807, 2.05) is 19.1 Å². The van der Waals surface area contributed by atoms with Gasteiger partial charge in [0.05, 0.1) is 11.6 Å². The van der Waals surface area contributed by atoms with E-state index in [1.165, 1.54) is 17.2 Å². The highest BCUT2D eigenvalue weighted by molar-refractivity contribution is 6.32. The summed E-state index contributed by atoms with van der Waals surface area (Å²) in [6.07, 6.45) is 0. The van der Waals surface area contributed by atoms with Gasteiger partial charge in [-0.15, -0.1) is 12.4 Å². The quantitative estimate of drug-likeness (QED) is 0.405. The van der Waals surface area contributed by atoms with Gasteiger partial charge < -0.3 is 14.8 Å². The minimum absolute atomic E-state index is 0. The molecule has 3 aromatic carbocycles. The van der Waals surface area contributed by atoms with Crippen molar-refractivity contribution in [1.82, 2.24) is 5.32 Å². The van der Waals surface area contributed by atoms with Crippen LogP contribution in [0.3, 0.4) is 0 Å². The molecule has 3 aromatic rings. The van der Waals surface area contributed by atoms with E-state index in [1.54, 1.807) is 18.2 Å². The summed E-state index contributed by atoms with van der Waals surface area (Å²) in [7, 11) is 0. The molecule has 0 fully saturated rings. The molecule has 0 atom stereocenters. The summed E-state index contributed by atoms with van der Waals surface area (Å²) in [6.45, 7) is 5.93. The Morgan fingerprint density at radius 3 is 2.33 bits per heavy atom. The SMILES string of the molecule is CCOc1cc(CNCc2ccc(C)cc2)cc(Cl)c1OCc1ccccc1F.Cl. The Bertz CT molecular complexity index is 948. The van der Waals surface area contributed by atoms with E-state index >= 15 is 0 Å². The normalized spacial score (nSPS) is 10.4. The summed E-state index contributed by atoms with van der Waals surface area (Å²) in [6, 6.07) is 18.7. The van der Waals surface area contributed by atoms with Crippen molar-refractivity contribution in [2.75, 3.05) is 6.61 Å². The molecule has 0 spiro atoms. The van der Waals surface area contributed by atoms with E-state index in [-0.39, 0.29) is 24.8 Å². The molecule has 0 amide bonds. The van der Waals surface area contributed by atoms with Crippen molar-refractivity contribution in [3.63, 3.8) is 0 Å². The Morgan fingerprint density at radius 1 is 0.933 bits per heavy atom. The summed E-state index contributed by atoms with van der Waals surface area (Å²) < 4.78 is 25.4. The first-order valence-corrected chi connectivity index (χ1v) is 10.0. The van der Waals surface area contributed by atoms with Gasteiger partial charge in [-0.25, -0.2) is 4.39 Å². The zero-order chi connectivity index (χ0) is 20.6. The molecule has 0 aromatic heterocycles.